The Kier molecular flexibility index (Phi) is 7.02. The zero-order valence-corrected chi connectivity index (χ0v) is 15.3. The summed E-state index contributed by atoms with van der Waals surface area (Å²) in [5, 5.41) is 0. The Hall–Kier alpha value is 0.250. The first-order chi connectivity index (χ1) is 8.51. The third-order valence-electron chi connectivity index (χ3n) is 2.86. The van der Waals surface area contributed by atoms with E-state index in [9.17, 15) is 4.79 Å². The van der Waals surface area contributed by atoms with E-state index in [0.29, 0.717) is 6.04 Å². The average Bonchev–Trinajstić information content (AvgIpc) is 2.37. The molecule has 0 saturated heterocycles. The number of carbonyl (C=O) groups is 1. The van der Waals surface area contributed by atoms with Gasteiger partial charge in [0, 0.05) is 26.9 Å². The Bertz CT molecular complexity index is 427. The molecule has 0 saturated carbocycles. The van der Waals surface area contributed by atoms with E-state index in [1.165, 1.54) is 0 Å². The van der Waals surface area contributed by atoms with Crippen LogP contribution in [-0.2, 0) is 0 Å². The lowest BCUT2D eigenvalue weighted by Crippen LogP contribution is -2.38. The van der Waals surface area contributed by atoms with Crippen LogP contribution in [0.5, 0.6) is 0 Å². The highest BCUT2D eigenvalue weighted by Crippen LogP contribution is 2.21. The van der Waals surface area contributed by atoms with Crippen LogP contribution in [0, 0.1) is 3.57 Å². The predicted octanol–water partition coefficient (Wildman–Crippen LogP) is 4.27. The summed E-state index contributed by atoms with van der Waals surface area (Å²) >= 11 is 7.41. The number of amides is 1. The molecule has 1 rings (SSSR count). The Balaban J connectivity index is 2.95. The highest BCUT2D eigenvalue weighted by atomic mass is 127. The highest BCUT2D eigenvalue weighted by Gasteiger charge is 2.21. The number of benzene rings is 1. The van der Waals surface area contributed by atoms with Crippen molar-refractivity contribution in [1.82, 2.24) is 4.90 Å². The standard InChI is InChI=1S/C13H17BrINOS/c1-4-10(8-18-3)16(2)13(17)11-7-9(14)5-6-12(11)15/h5-7,10H,4,8H2,1-3H3. The number of hydrogen-bond donors (Lipinski definition) is 0. The fourth-order valence-electron chi connectivity index (χ4n) is 1.71. The Morgan fingerprint density at radius 2 is 2.22 bits per heavy atom. The molecule has 0 bridgehead atoms. The molecule has 0 fully saturated rings. The third-order valence-corrected chi connectivity index (χ3v) is 5.01. The molecule has 0 N–H and O–H groups in total. The van der Waals surface area contributed by atoms with Gasteiger partial charge in [0.15, 0.2) is 0 Å². The van der Waals surface area contributed by atoms with Gasteiger partial charge in [0.25, 0.3) is 5.91 Å². The molecule has 0 aromatic heterocycles. The van der Waals surface area contributed by atoms with Gasteiger partial charge in [-0.05, 0) is 53.5 Å². The minimum Gasteiger partial charge on any atom is -0.338 e. The van der Waals surface area contributed by atoms with Crippen molar-refractivity contribution >= 4 is 56.2 Å². The first-order valence-electron chi connectivity index (χ1n) is 5.72. The molecule has 0 heterocycles. The van der Waals surface area contributed by atoms with E-state index >= 15 is 0 Å². The maximum absolute atomic E-state index is 12.5. The van der Waals surface area contributed by atoms with Crippen LogP contribution in [0.2, 0.25) is 0 Å². The molecule has 1 atom stereocenters. The van der Waals surface area contributed by atoms with Crippen molar-refractivity contribution in [2.24, 2.45) is 0 Å². The van der Waals surface area contributed by atoms with Crippen LogP contribution < -0.4 is 0 Å². The lowest BCUT2D eigenvalue weighted by Gasteiger charge is -2.27. The van der Waals surface area contributed by atoms with Gasteiger partial charge in [0.05, 0.1) is 5.56 Å². The van der Waals surface area contributed by atoms with E-state index < -0.39 is 0 Å². The smallest absolute Gasteiger partial charge is 0.254 e. The van der Waals surface area contributed by atoms with Gasteiger partial charge in [-0.2, -0.15) is 11.8 Å². The minimum absolute atomic E-state index is 0.0987. The summed E-state index contributed by atoms with van der Waals surface area (Å²) in [4.78, 5) is 14.3. The monoisotopic (exact) mass is 441 g/mol. The van der Waals surface area contributed by atoms with Crippen molar-refractivity contribution in [3.8, 4) is 0 Å². The molecule has 0 radical (unpaired) electrons. The van der Waals surface area contributed by atoms with Crippen LogP contribution in [0.4, 0.5) is 0 Å². The third kappa shape index (κ3) is 4.13. The van der Waals surface area contributed by atoms with Gasteiger partial charge in [-0.1, -0.05) is 22.9 Å². The molecule has 1 aromatic carbocycles. The molecule has 1 unspecified atom stereocenters. The van der Waals surface area contributed by atoms with Gasteiger partial charge in [0.2, 0.25) is 0 Å². The van der Waals surface area contributed by atoms with Crippen molar-refractivity contribution < 1.29 is 4.79 Å². The average molecular weight is 442 g/mol. The second-order valence-corrected chi connectivity index (χ2v) is 7.05. The summed E-state index contributed by atoms with van der Waals surface area (Å²) in [5.74, 6) is 1.07. The normalized spacial score (nSPS) is 12.3. The van der Waals surface area contributed by atoms with Gasteiger partial charge in [0.1, 0.15) is 0 Å². The Morgan fingerprint density at radius 1 is 1.56 bits per heavy atom. The van der Waals surface area contributed by atoms with Crippen LogP contribution in [0.3, 0.4) is 0 Å². The van der Waals surface area contributed by atoms with Crippen LogP contribution >= 0.6 is 50.3 Å². The summed E-state index contributed by atoms with van der Waals surface area (Å²) in [7, 11) is 1.89. The van der Waals surface area contributed by atoms with Crippen LogP contribution in [0.25, 0.3) is 0 Å². The molecule has 0 aliphatic heterocycles. The van der Waals surface area contributed by atoms with E-state index in [0.717, 1.165) is 25.8 Å². The van der Waals surface area contributed by atoms with Crippen molar-refractivity contribution in [3.63, 3.8) is 0 Å². The summed E-state index contributed by atoms with van der Waals surface area (Å²) in [5.41, 5.74) is 0.770. The lowest BCUT2D eigenvalue weighted by atomic mass is 10.1. The first-order valence-corrected chi connectivity index (χ1v) is 8.99. The molecular weight excluding hydrogens is 425 g/mol. The lowest BCUT2D eigenvalue weighted by molar-refractivity contribution is 0.0742. The number of halogens is 2. The van der Waals surface area contributed by atoms with Gasteiger partial charge >= 0.3 is 0 Å². The molecule has 0 aliphatic carbocycles. The predicted molar refractivity (Wildman–Crippen MR) is 91.4 cm³/mol. The molecule has 18 heavy (non-hydrogen) atoms. The van der Waals surface area contributed by atoms with E-state index in [4.69, 9.17) is 0 Å². The number of nitrogens with zero attached hydrogens (tertiary/aromatic N) is 1. The Morgan fingerprint density at radius 3 is 2.78 bits per heavy atom. The molecule has 0 aliphatic rings. The SMILES string of the molecule is CCC(CSC)N(C)C(=O)c1cc(Br)ccc1I. The minimum atomic E-state index is 0.0987. The van der Waals surface area contributed by atoms with Gasteiger partial charge in [-0.25, -0.2) is 0 Å². The molecule has 100 valence electrons. The van der Waals surface area contributed by atoms with E-state index in [1.807, 2.05) is 30.1 Å². The molecule has 5 heteroatoms. The number of carbonyl (C=O) groups excluding carboxylic acids is 1. The second-order valence-electron chi connectivity index (χ2n) is 4.06. The summed E-state index contributed by atoms with van der Waals surface area (Å²) < 4.78 is 1.93. The fraction of sp³-hybridized carbons (Fsp3) is 0.462. The van der Waals surface area contributed by atoms with Crippen LogP contribution in [0.1, 0.15) is 23.7 Å². The molecule has 2 nitrogen and oxygen atoms in total. The molecular formula is C13H17BrINOS. The fourth-order valence-corrected chi connectivity index (χ4v) is 3.48. The first kappa shape index (κ1) is 16.3. The molecule has 1 aromatic rings. The highest BCUT2D eigenvalue weighted by molar-refractivity contribution is 14.1. The summed E-state index contributed by atoms with van der Waals surface area (Å²) in [6, 6.07) is 6.10. The van der Waals surface area contributed by atoms with Crippen molar-refractivity contribution in [2.75, 3.05) is 19.1 Å². The quantitative estimate of drug-likeness (QED) is 0.636. The van der Waals surface area contributed by atoms with E-state index in [-0.39, 0.29) is 5.91 Å². The maximum atomic E-state index is 12.5. The topological polar surface area (TPSA) is 20.3 Å². The zero-order valence-electron chi connectivity index (χ0n) is 10.7. The van der Waals surface area contributed by atoms with E-state index in [1.54, 1.807) is 11.8 Å². The summed E-state index contributed by atoms with van der Waals surface area (Å²) in [6.07, 6.45) is 3.05. The van der Waals surface area contributed by atoms with E-state index in [2.05, 4.69) is 51.7 Å². The van der Waals surface area contributed by atoms with Crippen molar-refractivity contribution in [2.45, 2.75) is 19.4 Å². The second kappa shape index (κ2) is 7.75. The molecule has 0 spiro atoms. The zero-order chi connectivity index (χ0) is 13.7. The van der Waals surface area contributed by atoms with Gasteiger partial charge in [-0.3, -0.25) is 4.79 Å². The molecule has 1 amide bonds. The number of rotatable bonds is 5. The van der Waals surface area contributed by atoms with Gasteiger partial charge in [-0.15, -0.1) is 0 Å². The van der Waals surface area contributed by atoms with Gasteiger partial charge < -0.3 is 4.90 Å². The van der Waals surface area contributed by atoms with Crippen molar-refractivity contribution in [3.05, 3.63) is 31.8 Å². The number of thioether (sulfide) groups is 1. The van der Waals surface area contributed by atoms with Crippen molar-refractivity contribution in [1.29, 1.82) is 0 Å². The Labute approximate surface area is 135 Å². The van der Waals surface area contributed by atoms with Crippen LogP contribution in [-0.4, -0.2) is 35.9 Å². The number of hydrogen-bond acceptors (Lipinski definition) is 2. The summed E-state index contributed by atoms with van der Waals surface area (Å²) in [6.45, 7) is 2.12. The largest absolute Gasteiger partial charge is 0.338 e. The maximum Gasteiger partial charge on any atom is 0.254 e. The van der Waals surface area contributed by atoms with Crippen LogP contribution in [0.15, 0.2) is 22.7 Å².